The Hall–Kier alpha value is -4.19. The minimum Gasteiger partial charge on any atom is -0.497 e. The molecule has 1 fully saturated rings. The number of ether oxygens (including phenoxy) is 1. The highest BCUT2D eigenvalue weighted by molar-refractivity contribution is 6.16. The lowest BCUT2D eigenvalue weighted by Crippen LogP contribution is -2.51. The predicted molar refractivity (Wildman–Crippen MR) is 138 cm³/mol. The Labute approximate surface area is 209 Å². The Morgan fingerprint density at radius 3 is 2.53 bits per heavy atom. The lowest BCUT2D eigenvalue weighted by molar-refractivity contribution is -0.122. The third-order valence-electron chi connectivity index (χ3n) is 7.94. The summed E-state index contributed by atoms with van der Waals surface area (Å²) in [5.41, 5.74) is 3.44. The number of nitrogens with one attached hydrogen (secondary N) is 1. The quantitative estimate of drug-likeness (QED) is 0.553. The van der Waals surface area contributed by atoms with E-state index in [1.807, 2.05) is 60.4 Å². The first-order valence-corrected chi connectivity index (χ1v) is 12.1. The molecule has 4 atom stereocenters. The topological polar surface area (TPSA) is 75.7 Å². The Morgan fingerprint density at radius 2 is 1.75 bits per heavy atom. The van der Waals surface area contributed by atoms with Crippen molar-refractivity contribution >= 4 is 34.4 Å². The molecule has 6 rings (SSSR count). The molecule has 0 unspecified atom stereocenters. The second-order valence-corrected chi connectivity index (χ2v) is 9.72. The zero-order chi connectivity index (χ0) is 25.2. The summed E-state index contributed by atoms with van der Waals surface area (Å²) in [4.78, 5) is 44.0. The average molecular weight is 479 g/mol. The van der Waals surface area contributed by atoms with Crippen LogP contribution in [-0.4, -0.2) is 36.7 Å². The van der Waals surface area contributed by atoms with E-state index >= 15 is 0 Å². The SMILES string of the molecule is COc1cccc(C(=O)[C@@H]2[C@@H](C(C)=O)N3c4ccccc4C(C)=C[C@H]3[C@]23C(=O)Nc2ccccc23)c1. The maximum atomic E-state index is 14.4. The molecule has 1 spiro atoms. The molecule has 3 aliphatic rings. The van der Waals surface area contributed by atoms with Crippen molar-refractivity contribution in [2.24, 2.45) is 5.92 Å². The number of carbonyl (C=O) groups excluding carboxylic acids is 3. The molecule has 3 aromatic carbocycles. The van der Waals surface area contributed by atoms with Gasteiger partial charge in [0.05, 0.1) is 25.1 Å². The lowest BCUT2D eigenvalue weighted by atomic mass is 9.64. The number of rotatable bonds is 4. The molecule has 6 nitrogen and oxygen atoms in total. The zero-order valence-electron chi connectivity index (χ0n) is 20.3. The fourth-order valence-corrected chi connectivity index (χ4v) is 6.50. The van der Waals surface area contributed by atoms with Crippen LogP contribution >= 0.6 is 0 Å². The van der Waals surface area contributed by atoms with Crippen LogP contribution in [0.1, 0.15) is 35.3 Å². The largest absolute Gasteiger partial charge is 0.497 e. The van der Waals surface area contributed by atoms with Gasteiger partial charge in [-0.2, -0.15) is 0 Å². The van der Waals surface area contributed by atoms with Crippen molar-refractivity contribution in [3.8, 4) is 5.75 Å². The fourth-order valence-electron chi connectivity index (χ4n) is 6.50. The van der Waals surface area contributed by atoms with Gasteiger partial charge < -0.3 is 15.0 Å². The highest BCUT2D eigenvalue weighted by Gasteiger charge is 2.70. The Balaban J connectivity index is 1.67. The number of allylic oxidation sites excluding steroid dienone is 1. The zero-order valence-corrected chi connectivity index (χ0v) is 20.3. The minimum atomic E-state index is -1.28. The number of carbonyl (C=O) groups is 3. The van der Waals surface area contributed by atoms with E-state index in [-0.39, 0.29) is 17.5 Å². The Kier molecular flexibility index (Phi) is 4.90. The van der Waals surface area contributed by atoms with Gasteiger partial charge in [0.15, 0.2) is 11.6 Å². The van der Waals surface area contributed by atoms with E-state index in [1.54, 1.807) is 31.4 Å². The van der Waals surface area contributed by atoms with Crippen molar-refractivity contribution < 1.29 is 19.1 Å². The molecule has 0 saturated carbocycles. The number of methoxy groups -OCH3 is 1. The van der Waals surface area contributed by atoms with Gasteiger partial charge in [0, 0.05) is 22.5 Å². The first kappa shape index (κ1) is 22.3. The second-order valence-electron chi connectivity index (χ2n) is 9.72. The summed E-state index contributed by atoms with van der Waals surface area (Å²) in [5, 5.41) is 3.04. The number of para-hydroxylation sites is 2. The standard InChI is InChI=1S/C30H26N2O4/c1-17-15-25-30(22-12-5-6-13-23(22)31-29(30)35)26(28(34)19-9-8-10-20(16-19)36-3)27(18(2)33)32(25)24-14-7-4-11-21(17)24/h4-16,25-27H,1-3H3,(H,31,35)/t25-,26-,27+,30-/m0/s1. The fraction of sp³-hybridized carbons (Fsp3) is 0.233. The molecule has 1 N–H and O–H groups in total. The van der Waals surface area contributed by atoms with Crippen molar-refractivity contribution in [2.75, 3.05) is 17.3 Å². The maximum Gasteiger partial charge on any atom is 0.238 e. The molecule has 0 aromatic heterocycles. The second kappa shape index (κ2) is 7.92. The van der Waals surface area contributed by atoms with E-state index in [4.69, 9.17) is 4.74 Å². The van der Waals surface area contributed by atoms with E-state index in [0.29, 0.717) is 17.0 Å². The highest BCUT2D eigenvalue weighted by Crippen LogP contribution is 2.58. The van der Waals surface area contributed by atoms with E-state index < -0.39 is 23.4 Å². The summed E-state index contributed by atoms with van der Waals surface area (Å²) in [6, 6.07) is 21.0. The minimum absolute atomic E-state index is 0.155. The van der Waals surface area contributed by atoms with Gasteiger partial charge >= 0.3 is 0 Å². The Morgan fingerprint density at radius 1 is 1.00 bits per heavy atom. The molecule has 6 heteroatoms. The van der Waals surface area contributed by atoms with Crippen LogP contribution in [0, 0.1) is 5.92 Å². The van der Waals surface area contributed by atoms with Crippen LogP contribution in [0.4, 0.5) is 11.4 Å². The molecule has 1 saturated heterocycles. The maximum absolute atomic E-state index is 14.4. The van der Waals surface area contributed by atoms with Crippen LogP contribution in [0.3, 0.4) is 0 Å². The van der Waals surface area contributed by atoms with Gasteiger partial charge in [0.1, 0.15) is 11.2 Å². The number of ketones is 2. The number of hydrogen-bond donors (Lipinski definition) is 1. The number of amides is 1. The molecule has 1 amide bonds. The summed E-state index contributed by atoms with van der Waals surface area (Å²) >= 11 is 0. The molecular formula is C30H26N2O4. The van der Waals surface area contributed by atoms with Crippen molar-refractivity contribution in [3.05, 3.63) is 95.6 Å². The summed E-state index contributed by atoms with van der Waals surface area (Å²) in [5.74, 6) is -1.06. The van der Waals surface area contributed by atoms with E-state index in [1.165, 1.54) is 6.92 Å². The summed E-state index contributed by atoms with van der Waals surface area (Å²) in [6.07, 6.45) is 2.05. The molecule has 3 heterocycles. The monoisotopic (exact) mass is 478 g/mol. The Bertz CT molecular complexity index is 1480. The van der Waals surface area contributed by atoms with Crippen LogP contribution in [-0.2, 0) is 15.0 Å². The molecule has 0 bridgehead atoms. The summed E-state index contributed by atoms with van der Waals surface area (Å²) < 4.78 is 5.37. The normalized spacial score (nSPS) is 25.5. The van der Waals surface area contributed by atoms with E-state index in [0.717, 1.165) is 22.4 Å². The van der Waals surface area contributed by atoms with E-state index in [9.17, 15) is 14.4 Å². The summed E-state index contributed by atoms with van der Waals surface area (Å²) in [6.45, 7) is 3.53. The third-order valence-corrected chi connectivity index (χ3v) is 7.94. The molecule has 180 valence electrons. The van der Waals surface area contributed by atoms with Crippen molar-refractivity contribution in [1.82, 2.24) is 0 Å². The van der Waals surface area contributed by atoms with Crippen LogP contribution in [0.5, 0.6) is 5.75 Å². The van der Waals surface area contributed by atoms with Crippen LogP contribution in [0.25, 0.3) is 5.57 Å². The number of nitrogens with zero attached hydrogens (tertiary/aromatic N) is 1. The number of fused-ring (bicyclic) bond motifs is 6. The van der Waals surface area contributed by atoms with Crippen molar-refractivity contribution in [1.29, 1.82) is 0 Å². The molecule has 0 aliphatic carbocycles. The molecular weight excluding hydrogens is 452 g/mol. The van der Waals surface area contributed by atoms with Crippen LogP contribution in [0.2, 0.25) is 0 Å². The van der Waals surface area contributed by atoms with Gasteiger partial charge in [0.25, 0.3) is 0 Å². The highest BCUT2D eigenvalue weighted by atomic mass is 16.5. The molecule has 3 aliphatic heterocycles. The lowest BCUT2D eigenvalue weighted by Gasteiger charge is -2.39. The number of Topliss-reactive ketones (excluding diaryl/α,β-unsaturated/α-hetero) is 2. The predicted octanol–water partition coefficient (Wildman–Crippen LogP) is 4.65. The van der Waals surface area contributed by atoms with Gasteiger partial charge in [-0.1, -0.05) is 54.6 Å². The van der Waals surface area contributed by atoms with Gasteiger partial charge in [0.2, 0.25) is 5.91 Å². The average Bonchev–Trinajstić information content (AvgIpc) is 3.37. The van der Waals surface area contributed by atoms with Crippen molar-refractivity contribution in [2.45, 2.75) is 31.3 Å². The smallest absolute Gasteiger partial charge is 0.238 e. The summed E-state index contributed by atoms with van der Waals surface area (Å²) in [7, 11) is 1.55. The van der Waals surface area contributed by atoms with Crippen molar-refractivity contribution in [3.63, 3.8) is 0 Å². The molecule has 3 aromatic rings. The van der Waals surface area contributed by atoms with E-state index in [2.05, 4.69) is 11.4 Å². The number of hydrogen-bond acceptors (Lipinski definition) is 5. The number of benzene rings is 3. The number of anilines is 2. The third kappa shape index (κ3) is 2.81. The molecule has 36 heavy (non-hydrogen) atoms. The van der Waals surface area contributed by atoms with Gasteiger partial charge in [-0.05, 0) is 49.2 Å². The van der Waals surface area contributed by atoms with Gasteiger partial charge in [-0.3, -0.25) is 14.4 Å². The van der Waals surface area contributed by atoms with Gasteiger partial charge in [-0.25, -0.2) is 0 Å². The first-order chi connectivity index (χ1) is 17.4. The first-order valence-electron chi connectivity index (χ1n) is 12.1. The molecule has 0 radical (unpaired) electrons. The van der Waals surface area contributed by atoms with Gasteiger partial charge in [-0.15, -0.1) is 0 Å². The van der Waals surface area contributed by atoms with Crippen LogP contribution in [0.15, 0.2) is 78.9 Å². The van der Waals surface area contributed by atoms with Crippen LogP contribution < -0.4 is 15.0 Å².